The van der Waals surface area contributed by atoms with Crippen molar-refractivity contribution >= 4 is 17.3 Å². The summed E-state index contributed by atoms with van der Waals surface area (Å²) in [6.45, 7) is 3.12. The highest BCUT2D eigenvalue weighted by molar-refractivity contribution is 6.33. The molecule has 0 radical (unpaired) electrons. The first-order chi connectivity index (χ1) is 6.59. The van der Waals surface area contributed by atoms with Gasteiger partial charge in [0.15, 0.2) is 0 Å². The molecule has 1 aromatic carbocycles. The molecule has 3 N–H and O–H groups in total. The summed E-state index contributed by atoms with van der Waals surface area (Å²) in [5.41, 5.74) is 7.94. The van der Waals surface area contributed by atoms with Crippen molar-refractivity contribution in [3.05, 3.63) is 28.8 Å². The Morgan fingerprint density at radius 3 is 2.79 bits per heavy atom. The van der Waals surface area contributed by atoms with E-state index in [1.807, 2.05) is 18.2 Å². The first kappa shape index (κ1) is 9.81. The molecule has 1 aliphatic carbocycles. The number of nitrogens with one attached hydrogen (secondary N) is 1. The van der Waals surface area contributed by atoms with Gasteiger partial charge in [-0.15, -0.1) is 0 Å². The smallest absolute Gasteiger partial charge is 0.0635 e. The van der Waals surface area contributed by atoms with Gasteiger partial charge in [0.05, 0.1) is 10.7 Å². The summed E-state index contributed by atoms with van der Waals surface area (Å²) < 4.78 is 0. The maximum Gasteiger partial charge on any atom is 0.0635 e. The lowest BCUT2D eigenvalue weighted by Gasteiger charge is -2.11. The van der Waals surface area contributed by atoms with Crippen LogP contribution in [0, 0.1) is 0 Å². The van der Waals surface area contributed by atoms with Crippen molar-refractivity contribution in [1.82, 2.24) is 5.32 Å². The van der Waals surface area contributed by atoms with E-state index < -0.39 is 0 Å². The number of nitrogens with two attached hydrogens (primary N) is 1. The van der Waals surface area contributed by atoms with Gasteiger partial charge in [0, 0.05) is 12.1 Å². The van der Waals surface area contributed by atoms with Crippen LogP contribution in [-0.2, 0) is 6.54 Å². The Hall–Kier alpha value is -0.730. The van der Waals surface area contributed by atoms with Crippen LogP contribution in [-0.4, -0.2) is 5.54 Å². The standard InChI is InChI=1S/C11H15ClN2/c1-11(4-5-11)14-7-8-2-3-9(12)10(13)6-8/h2-3,6,14H,4-5,7,13H2,1H3. The second kappa shape index (κ2) is 3.44. The van der Waals surface area contributed by atoms with Crippen molar-refractivity contribution < 1.29 is 0 Å². The normalized spacial score (nSPS) is 18.1. The molecule has 1 aliphatic rings. The summed E-state index contributed by atoms with van der Waals surface area (Å²) in [5, 5.41) is 4.13. The average Bonchev–Trinajstić information content (AvgIpc) is 2.87. The maximum atomic E-state index is 5.84. The molecule has 2 rings (SSSR count). The fraction of sp³-hybridized carbons (Fsp3) is 0.455. The molecule has 3 heteroatoms. The lowest BCUT2D eigenvalue weighted by molar-refractivity contribution is 0.538. The van der Waals surface area contributed by atoms with Crippen LogP contribution < -0.4 is 11.1 Å². The van der Waals surface area contributed by atoms with Crippen LogP contribution in [0.15, 0.2) is 18.2 Å². The lowest BCUT2D eigenvalue weighted by atomic mass is 10.2. The Balaban J connectivity index is 1.99. The SMILES string of the molecule is CC1(NCc2ccc(Cl)c(N)c2)CC1. The predicted octanol–water partition coefficient (Wildman–Crippen LogP) is 2.56. The van der Waals surface area contributed by atoms with Crippen molar-refractivity contribution in [1.29, 1.82) is 0 Å². The highest BCUT2D eigenvalue weighted by Gasteiger charge is 2.36. The Morgan fingerprint density at radius 1 is 1.50 bits per heavy atom. The zero-order chi connectivity index (χ0) is 10.2. The number of benzene rings is 1. The van der Waals surface area contributed by atoms with Crippen LogP contribution in [0.4, 0.5) is 5.69 Å². The van der Waals surface area contributed by atoms with Gasteiger partial charge in [-0.05, 0) is 37.5 Å². The number of nitrogen functional groups attached to an aromatic ring is 1. The number of halogens is 1. The lowest BCUT2D eigenvalue weighted by Crippen LogP contribution is -2.26. The summed E-state index contributed by atoms with van der Waals surface area (Å²) in [6.07, 6.45) is 2.55. The molecule has 0 unspecified atom stereocenters. The van der Waals surface area contributed by atoms with Crippen LogP contribution in [0.2, 0.25) is 5.02 Å². The van der Waals surface area contributed by atoms with Gasteiger partial charge in [-0.2, -0.15) is 0 Å². The fourth-order valence-corrected chi connectivity index (χ4v) is 1.50. The molecule has 2 nitrogen and oxygen atoms in total. The molecule has 0 atom stereocenters. The molecular formula is C11H15ClN2. The van der Waals surface area contributed by atoms with E-state index >= 15 is 0 Å². The van der Waals surface area contributed by atoms with Crippen molar-refractivity contribution in [2.75, 3.05) is 5.73 Å². The Bertz CT molecular complexity index is 345. The minimum Gasteiger partial charge on any atom is -0.398 e. The van der Waals surface area contributed by atoms with Gasteiger partial charge in [0.1, 0.15) is 0 Å². The zero-order valence-electron chi connectivity index (χ0n) is 8.31. The largest absolute Gasteiger partial charge is 0.398 e. The first-order valence-electron chi connectivity index (χ1n) is 4.88. The molecule has 1 aromatic rings. The second-order valence-corrected chi connectivity index (χ2v) is 4.68. The number of anilines is 1. The molecule has 14 heavy (non-hydrogen) atoms. The third kappa shape index (κ3) is 2.20. The van der Waals surface area contributed by atoms with E-state index in [2.05, 4.69) is 12.2 Å². The summed E-state index contributed by atoms with van der Waals surface area (Å²) in [4.78, 5) is 0. The molecule has 0 heterocycles. The van der Waals surface area contributed by atoms with Gasteiger partial charge in [0.25, 0.3) is 0 Å². The molecule has 0 aliphatic heterocycles. The van der Waals surface area contributed by atoms with Gasteiger partial charge in [-0.25, -0.2) is 0 Å². The van der Waals surface area contributed by atoms with E-state index in [0.29, 0.717) is 16.2 Å². The van der Waals surface area contributed by atoms with Crippen LogP contribution in [0.1, 0.15) is 25.3 Å². The summed E-state index contributed by atoms with van der Waals surface area (Å²) in [6, 6.07) is 5.79. The molecule has 0 spiro atoms. The van der Waals surface area contributed by atoms with E-state index in [9.17, 15) is 0 Å². The van der Waals surface area contributed by atoms with Crippen molar-refractivity contribution in [2.45, 2.75) is 31.8 Å². The van der Waals surface area contributed by atoms with Crippen molar-refractivity contribution in [2.24, 2.45) is 0 Å². The minimum atomic E-state index is 0.369. The zero-order valence-corrected chi connectivity index (χ0v) is 9.06. The Kier molecular flexibility index (Phi) is 2.41. The number of hydrogen-bond acceptors (Lipinski definition) is 2. The quantitative estimate of drug-likeness (QED) is 0.753. The van der Waals surface area contributed by atoms with E-state index in [4.69, 9.17) is 17.3 Å². The molecule has 1 saturated carbocycles. The minimum absolute atomic E-state index is 0.369. The van der Waals surface area contributed by atoms with E-state index in [1.165, 1.54) is 18.4 Å². The maximum absolute atomic E-state index is 5.84. The average molecular weight is 211 g/mol. The summed E-state index contributed by atoms with van der Waals surface area (Å²) >= 11 is 5.84. The topological polar surface area (TPSA) is 38.0 Å². The van der Waals surface area contributed by atoms with Gasteiger partial charge in [0.2, 0.25) is 0 Å². The Labute approximate surface area is 89.4 Å². The summed E-state index contributed by atoms with van der Waals surface area (Å²) in [5.74, 6) is 0. The van der Waals surface area contributed by atoms with Gasteiger partial charge < -0.3 is 11.1 Å². The molecule has 76 valence electrons. The van der Waals surface area contributed by atoms with Gasteiger partial charge in [-0.3, -0.25) is 0 Å². The third-order valence-electron chi connectivity index (χ3n) is 2.78. The first-order valence-corrected chi connectivity index (χ1v) is 5.26. The molecule has 1 fully saturated rings. The number of rotatable bonds is 3. The van der Waals surface area contributed by atoms with E-state index in [-0.39, 0.29) is 0 Å². The van der Waals surface area contributed by atoms with Crippen LogP contribution in [0.25, 0.3) is 0 Å². The molecule has 0 saturated heterocycles. The highest BCUT2D eigenvalue weighted by Crippen LogP contribution is 2.34. The fourth-order valence-electron chi connectivity index (χ4n) is 1.38. The van der Waals surface area contributed by atoms with E-state index in [0.717, 1.165) is 6.54 Å². The van der Waals surface area contributed by atoms with Crippen molar-refractivity contribution in [3.8, 4) is 0 Å². The Morgan fingerprint density at radius 2 is 2.21 bits per heavy atom. The molecule has 0 aromatic heterocycles. The summed E-state index contributed by atoms with van der Waals surface area (Å²) in [7, 11) is 0. The predicted molar refractivity (Wildman–Crippen MR) is 60.3 cm³/mol. The second-order valence-electron chi connectivity index (χ2n) is 4.27. The molecule has 0 bridgehead atoms. The van der Waals surface area contributed by atoms with Crippen molar-refractivity contribution in [3.63, 3.8) is 0 Å². The van der Waals surface area contributed by atoms with Crippen LogP contribution in [0.5, 0.6) is 0 Å². The van der Waals surface area contributed by atoms with Crippen LogP contribution in [0.3, 0.4) is 0 Å². The van der Waals surface area contributed by atoms with Crippen LogP contribution >= 0.6 is 11.6 Å². The molecule has 0 amide bonds. The van der Waals surface area contributed by atoms with Gasteiger partial charge in [-0.1, -0.05) is 17.7 Å². The molecular weight excluding hydrogens is 196 g/mol. The number of hydrogen-bond donors (Lipinski definition) is 2. The monoisotopic (exact) mass is 210 g/mol. The highest BCUT2D eigenvalue weighted by atomic mass is 35.5. The third-order valence-corrected chi connectivity index (χ3v) is 3.12. The van der Waals surface area contributed by atoms with Gasteiger partial charge >= 0.3 is 0 Å². The van der Waals surface area contributed by atoms with E-state index in [1.54, 1.807) is 0 Å².